The van der Waals surface area contributed by atoms with Gasteiger partial charge in [-0.15, -0.1) is 12.4 Å². The molecule has 0 aliphatic carbocycles. The zero-order chi connectivity index (χ0) is 19.8. The van der Waals surface area contributed by atoms with Gasteiger partial charge < -0.3 is 10.6 Å². The van der Waals surface area contributed by atoms with Crippen LogP contribution >= 0.6 is 12.4 Å². The molecule has 1 fully saturated rings. The third-order valence-corrected chi connectivity index (χ3v) is 5.48. The fourth-order valence-corrected chi connectivity index (χ4v) is 3.84. The van der Waals surface area contributed by atoms with Crippen LogP contribution in [0.25, 0.3) is 33.4 Å². The van der Waals surface area contributed by atoms with Crippen molar-refractivity contribution in [3.8, 4) is 22.5 Å². The summed E-state index contributed by atoms with van der Waals surface area (Å²) in [7, 11) is 1.90. The molecular weight excluding hydrogens is 398 g/mol. The minimum atomic E-state index is 0. The van der Waals surface area contributed by atoms with Gasteiger partial charge in [-0.1, -0.05) is 0 Å². The fraction of sp³-hybridized carbons (Fsp3) is 0.273. The highest BCUT2D eigenvalue weighted by atomic mass is 35.5. The Hall–Kier alpha value is -3.03. The van der Waals surface area contributed by atoms with E-state index in [0.29, 0.717) is 6.04 Å². The van der Waals surface area contributed by atoms with Gasteiger partial charge in [0, 0.05) is 61.3 Å². The number of hydrogen-bond donors (Lipinski definition) is 1. The van der Waals surface area contributed by atoms with Crippen LogP contribution in [-0.2, 0) is 7.05 Å². The standard InChI is InChI=1S/C22H23N7.ClH/c1-28-14-16(13-26-28)19-11-20-18(3-2-8-24-20)22(27-19)15-4-5-21(25-12-15)29-9-6-17(23)7-10-29;/h2-5,8,11-14,17H,6-7,9-10,23H2,1H3;1H. The molecule has 0 atom stereocenters. The van der Waals surface area contributed by atoms with Crippen molar-refractivity contribution in [2.24, 2.45) is 12.8 Å². The third kappa shape index (κ3) is 3.86. The Bertz CT molecular complexity index is 1150. The molecule has 0 aromatic carbocycles. The fourth-order valence-electron chi connectivity index (χ4n) is 3.84. The number of fused-ring (bicyclic) bond motifs is 1. The Morgan fingerprint density at radius 2 is 1.87 bits per heavy atom. The van der Waals surface area contributed by atoms with Gasteiger partial charge in [0.2, 0.25) is 0 Å². The van der Waals surface area contributed by atoms with Gasteiger partial charge in [0.15, 0.2) is 0 Å². The minimum absolute atomic E-state index is 0. The minimum Gasteiger partial charge on any atom is -0.357 e. The largest absolute Gasteiger partial charge is 0.357 e. The molecule has 4 aromatic heterocycles. The smallest absolute Gasteiger partial charge is 0.128 e. The monoisotopic (exact) mass is 421 g/mol. The number of nitrogens with zero attached hydrogens (tertiary/aromatic N) is 6. The maximum Gasteiger partial charge on any atom is 0.128 e. The molecular formula is C22H24ClN7. The first-order valence-electron chi connectivity index (χ1n) is 9.89. The maximum absolute atomic E-state index is 6.02. The van der Waals surface area contributed by atoms with Crippen LogP contribution in [0, 0.1) is 0 Å². The number of aromatic nitrogens is 5. The SMILES string of the molecule is Cl.Cn1cc(-c2cc3ncccc3c(-c3ccc(N4CCC(N)CC4)nc3)n2)cn1. The summed E-state index contributed by atoms with van der Waals surface area (Å²) in [4.78, 5) is 16.5. The van der Waals surface area contributed by atoms with Crippen molar-refractivity contribution in [2.45, 2.75) is 18.9 Å². The topological polar surface area (TPSA) is 85.8 Å². The van der Waals surface area contributed by atoms with Gasteiger partial charge >= 0.3 is 0 Å². The molecule has 0 saturated carbocycles. The second kappa shape index (κ2) is 8.38. The third-order valence-electron chi connectivity index (χ3n) is 5.48. The van der Waals surface area contributed by atoms with Gasteiger partial charge in [0.1, 0.15) is 5.82 Å². The van der Waals surface area contributed by atoms with E-state index in [-0.39, 0.29) is 12.4 Å². The van der Waals surface area contributed by atoms with E-state index in [1.165, 1.54) is 0 Å². The Morgan fingerprint density at radius 3 is 2.57 bits per heavy atom. The number of halogens is 1. The van der Waals surface area contributed by atoms with Gasteiger partial charge in [-0.3, -0.25) is 9.67 Å². The maximum atomic E-state index is 6.02. The molecule has 0 radical (unpaired) electrons. The first kappa shape index (κ1) is 20.3. The molecule has 0 bridgehead atoms. The van der Waals surface area contributed by atoms with Crippen molar-refractivity contribution in [1.82, 2.24) is 24.7 Å². The summed E-state index contributed by atoms with van der Waals surface area (Å²) in [6.45, 7) is 1.91. The van der Waals surface area contributed by atoms with E-state index in [0.717, 1.165) is 65.2 Å². The number of hydrogen-bond acceptors (Lipinski definition) is 6. The molecule has 154 valence electrons. The van der Waals surface area contributed by atoms with Crippen LogP contribution in [-0.4, -0.2) is 43.9 Å². The van der Waals surface area contributed by atoms with Gasteiger partial charge in [0.25, 0.3) is 0 Å². The first-order chi connectivity index (χ1) is 14.2. The number of nitrogens with two attached hydrogens (primary N) is 1. The average Bonchev–Trinajstić information content (AvgIpc) is 3.20. The van der Waals surface area contributed by atoms with Crippen molar-refractivity contribution in [1.29, 1.82) is 0 Å². The van der Waals surface area contributed by atoms with Crippen LogP contribution in [0.3, 0.4) is 0 Å². The van der Waals surface area contributed by atoms with E-state index in [4.69, 9.17) is 15.7 Å². The average molecular weight is 422 g/mol. The Labute approximate surface area is 181 Å². The van der Waals surface area contributed by atoms with Crippen LogP contribution < -0.4 is 10.6 Å². The highest BCUT2D eigenvalue weighted by Crippen LogP contribution is 2.30. The summed E-state index contributed by atoms with van der Waals surface area (Å²) in [6.07, 6.45) is 9.52. The van der Waals surface area contributed by atoms with E-state index in [2.05, 4.69) is 33.2 Å². The van der Waals surface area contributed by atoms with Crippen LogP contribution in [0.4, 0.5) is 5.82 Å². The lowest BCUT2D eigenvalue weighted by molar-refractivity contribution is 0.498. The van der Waals surface area contributed by atoms with E-state index in [1.807, 2.05) is 44.0 Å². The molecule has 5 rings (SSSR count). The molecule has 5 heterocycles. The molecule has 7 nitrogen and oxygen atoms in total. The van der Waals surface area contributed by atoms with Gasteiger partial charge in [-0.05, 0) is 43.2 Å². The molecule has 0 unspecified atom stereocenters. The molecule has 0 spiro atoms. The second-order valence-electron chi connectivity index (χ2n) is 7.56. The number of rotatable bonds is 3. The second-order valence-corrected chi connectivity index (χ2v) is 7.56. The van der Waals surface area contributed by atoms with Crippen molar-refractivity contribution >= 4 is 29.1 Å². The summed E-state index contributed by atoms with van der Waals surface area (Å²) in [5.41, 5.74) is 10.6. The Kier molecular flexibility index (Phi) is 5.65. The zero-order valence-corrected chi connectivity index (χ0v) is 17.6. The van der Waals surface area contributed by atoms with Gasteiger partial charge in [-0.2, -0.15) is 5.10 Å². The normalized spacial score (nSPS) is 14.7. The highest BCUT2D eigenvalue weighted by molar-refractivity contribution is 5.94. The number of anilines is 1. The quantitative estimate of drug-likeness (QED) is 0.545. The van der Waals surface area contributed by atoms with Crippen molar-refractivity contribution in [3.05, 3.63) is 55.1 Å². The predicted octanol–water partition coefficient (Wildman–Crippen LogP) is 3.44. The number of pyridine rings is 3. The van der Waals surface area contributed by atoms with Crippen molar-refractivity contribution in [2.75, 3.05) is 18.0 Å². The lowest BCUT2D eigenvalue weighted by atomic mass is 10.0. The lowest BCUT2D eigenvalue weighted by Gasteiger charge is -2.31. The summed E-state index contributed by atoms with van der Waals surface area (Å²) in [5.74, 6) is 0.992. The van der Waals surface area contributed by atoms with E-state index in [9.17, 15) is 0 Å². The molecule has 2 N–H and O–H groups in total. The highest BCUT2D eigenvalue weighted by Gasteiger charge is 2.18. The van der Waals surface area contributed by atoms with Gasteiger partial charge in [0.05, 0.1) is 23.1 Å². The number of piperidine rings is 1. The van der Waals surface area contributed by atoms with E-state index in [1.54, 1.807) is 4.68 Å². The lowest BCUT2D eigenvalue weighted by Crippen LogP contribution is -2.40. The Balaban J connectivity index is 0.00000218. The first-order valence-corrected chi connectivity index (χ1v) is 9.89. The van der Waals surface area contributed by atoms with Crippen molar-refractivity contribution in [3.63, 3.8) is 0 Å². The predicted molar refractivity (Wildman–Crippen MR) is 122 cm³/mol. The summed E-state index contributed by atoms with van der Waals surface area (Å²) in [6, 6.07) is 10.5. The summed E-state index contributed by atoms with van der Waals surface area (Å²) < 4.78 is 1.78. The van der Waals surface area contributed by atoms with Crippen molar-refractivity contribution < 1.29 is 0 Å². The molecule has 1 saturated heterocycles. The van der Waals surface area contributed by atoms with E-state index < -0.39 is 0 Å². The van der Waals surface area contributed by atoms with Gasteiger partial charge in [-0.25, -0.2) is 9.97 Å². The summed E-state index contributed by atoms with van der Waals surface area (Å²) in [5, 5.41) is 5.29. The van der Waals surface area contributed by atoms with Crippen LogP contribution in [0.2, 0.25) is 0 Å². The zero-order valence-electron chi connectivity index (χ0n) is 16.8. The molecule has 4 aromatic rings. The molecule has 30 heavy (non-hydrogen) atoms. The van der Waals surface area contributed by atoms with Crippen LogP contribution in [0.5, 0.6) is 0 Å². The van der Waals surface area contributed by atoms with Crippen LogP contribution in [0.1, 0.15) is 12.8 Å². The molecule has 0 amide bonds. The van der Waals surface area contributed by atoms with Crippen LogP contribution in [0.15, 0.2) is 55.1 Å². The van der Waals surface area contributed by atoms with E-state index >= 15 is 0 Å². The molecule has 1 aliphatic heterocycles. The molecule has 8 heteroatoms. The summed E-state index contributed by atoms with van der Waals surface area (Å²) >= 11 is 0. The number of aryl methyl sites for hydroxylation is 1. The Morgan fingerprint density at radius 1 is 1.03 bits per heavy atom. The molecule has 1 aliphatic rings.